The molecule has 1 aromatic heterocycles. The van der Waals surface area contributed by atoms with E-state index in [0.717, 1.165) is 23.7 Å². The molecule has 0 aliphatic rings. The number of rotatable bonds is 7. The number of aromatic nitrogens is 1. The van der Waals surface area contributed by atoms with E-state index in [1.54, 1.807) is 23.5 Å². The van der Waals surface area contributed by atoms with Gasteiger partial charge < -0.3 is 15.8 Å². The van der Waals surface area contributed by atoms with Gasteiger partial charge in [-0.25, -0.2) is 4.98 Å². The smallest absolute Gasteiger partial charge is 0.255 e. The van der Waals surface area contributed by atoms with Crippen LogP contribution in [0.1, 0.15) is 16.8 Å². The van der Waals surface area contributed by atoms with Crippen LogP contribution in [0.2, 0.25) is 0 Å². The average molecular weight is 291 g/mol. The van der Waals surface area contributed by atoms with E-state index in [2.05, 4.69) is 17.2 Å². The number of nitrogens with one attached hydrogen (secondary N) is 1. The molecular weight excluding hydrogens is 274 g/mol. The van der Waals surface area contributed by atoms with Gasteiger partial charge in [-0.1, -0.05) is 6.92 Å². The number of hydrogen-bond donors (Lipinski definition) is 2. The molecule has 1 amide bonds. The molecule has 1 aromatic carbocycles. The first-order valence-corrected chi connectivity index (χ1v) is 7.17. The van der Waals surface area contributed by atoms with Gasteiger partial charge in [0.15, 0.2) is 6.61 Å². The van der Waals surface area contributed by atoms with Crippen molar-refractivity contribution in [2.45, 2.75) is 19.9 Å². The average Bonchev–Trinajstić information content (AvgIpc) is 2.92. The number of thiazole rings is 1. The van der Waals surface area contributed by atoms with E-state index < -0.39 is 5.91 Å². The third kappa shape index (κ3) is 4.24. The first-order valence-electron chi connectivity index (χ1n) is 6.36. The molecule has 0 atom stereocenters. The minimum atomic E-state index is -0.482. The summed E-state index contributed by atoms with van der Waals surface area (Å²) < 4.78 is 5.19. The first-order chi connectivity index (χ1) is 9.67. The predicted molar refractivity (Wildman–Crippen MR) is 80.0 cm³/mol. The zero-order valence-corrected chi connectivity index (χ0v) is 12.1. The van der Waals surface area contributed by atoms with Crippen molar-refractivity contribution in [2.75, 3.05) is 11.9 Å². The molecule has 6 heteroatoms. The number of aryl methyl sites for hydroxylation is 1. The van der Waals surface area contributed by atoms with Crippen molar-refractivity contribution in [3.8, 4) is 5.75 Å². The molecule has 2 aromatic rings. The number of primary amides is 1. The summed E-state index contributed by atoms with van der Waals surface area (Å²) in [5, 5.41) is 4.46. The predicted octanol–water partition coefficient (Wildman–Crippen LogP) is 2.18. The number of hydrogen-bond acceptors (Lipinski definition) is 5. The number of ether oxygens (including phenoxy) is 1. The lowest BCUT2D eigenvalue weighted by Crippen LogP contribution is -2.19. The highest BCUT2D eigenvalue weighted by Gasteiger charge is 2.01. The third-order valence-corrected chi connectivity index (χ3v) is 3.75. The van der Waals surface area contributed by atoms with Crippen LogP contribution in [0.3, 0.4) is 0 Å². The van der Waals surface area contributed by atoms with E-state index in [1.165, 1.54) is 4.88 Å². The second-order valence-electron chi connectivity index (χ2n) is 4.21. The van der Waals surface area contributed by atoms with Crippen molar-refractivity contribution in [1.82, 2.24) is 4.98 Å². The van der Waals surface area contributed by atoms with Crippen LogP contribution in [0.4, 0.5) is 5.69 Å². The number of anilines is 1. The topological polar surface area (TPSA) is 77.2 Å². The molecule has 0 bridgehead atoms. The Labute approximate surface area is 121 Å². The lowest BCUT2D eigenvalue weighted by Gasteiger charge is -2.07. The van der Waals surface area contributed by atoms with Crippen molar-refractivity contribution in [2.24, 2.45) is 5.73 Å². The zero-order valence-electron chi connectivity index (χ0n) is 11.3. The van der Waals surface area contributed by atoms with E-state index >= 15 is 0 Å². The Morgan fingerprint density at radius 3 is 2.75 bits per heavy atom. The van der Waals surface area contributed by atoms with Crippen LogP contribution < -0.4 is 15.8 Å². The summed E-state index contributed by atoms with van der Waals surface area (Å²) in [5.74, 6) is 0.143. The van der Waals surface area contributed by atoms with E-state index in [-0.39, 0.29) is 6.61 Å². The van der Waals surface area contributed by atoms with Crippen LogP contribution in [-0.2, 0) is 17.8 Å². The summed E-state index contributed by atoms with van der Waals surface area (Å²) in [6.07, 6.45) is 2.87. The highest BCUT2D eigenvalue weighted by molar-refractivity contribution is 7.11. The summed E-state index contributed by atoms with van der Waals surface area (Å²) in [4.78, 5) is 16.1. The van der Waals surface area contributed by atoms with E-state index in [9.17, 15) is 4.79 Å². The van der Waals surface area contributed by atoms with Crippen LogP contribution in [0.25, 0.3) is 0 Å². The molecule has 0 aliphatic carbocycles. The standard InChI is InChI=1S/C14H17N3O2S/c1-2-14-17-8-12(20-14)7-16-10-3-5-11(6-4-10)19-9-13(15)18/h3-6,8,16H,2,7,9H2,1H3,(H2,15,18). The van der Waals surface area contributed by atoms with Gasteiger partial charge in [-0.15, -0.1) is 11.3 Å². The fraction of sp³-hybridized carbons (Fsp3) is 0.286. The van der Waals surface area contributed by atoms with Gasteiger partial charge in [0.2, 0.25) is 0 Å². The van der Waals surface area contributed by atoms with Crippen LogP contribution in [0, 0.1) is 0 Å². The quantitative estimate of drug-likeness (QED) is 0.819. The highest BCUT2D eigenvalue weighted by Crippen LogP contribution is 2.18. The Kier molecular flexibility index (Phi) is 4.95. The van der Waals surface area contributed by atoms with Gasteiger partial charge in [0, 0.05) is 16.8 Å². The largest absolute Gasteiger partial charge is 0.484 e. The number of carbonyl (C=O) groups is 1. The SMILES string of the molecule is CCc1ncc(CNc2ccc(OCC(N)=O)cc2)s1. The molecule has 2 rings (SSSR count). The number of nitrogens with two attached hydrogens (primary N) is 1. The van der Waals surface area contributed by atoms with Crippen molar-refractivity contribution in [3.63, 3.8) is 0 Å². The van der Waals surface area contributed by atoms with Gasteiger partial charge in [0.05, 0.1) is 11.6 Å². The molecule has 1 heterocycles. The van der Waals surface area contributed by atoms with E-state index in [0.29, 0.717) is 5.75 Å². The molecule has 3 N–H and O–H groups in total. The fourth-order valence-electron chi connectivity index (χ4n) is 1.61. The normalized spacial score (nSPS) is 10.2. The second-order valence-corrected chi connectivity index (χ2v) is 5.41. The number of benzene rings is 1. The lowest BCUT2D eigenvalue weighted by molar-refractivity contribution is -0.119. The second kappa shape index (κ2) is 6.91. The Morgan fingerprint density at radius 2 is 2.15 bits per heavy atom. The van der Waals surface area contributed by atoms with Crippen LogP contribution in [-0.4, -0.2) is 17.5 Å². The number of amides is 1. The minimum Gasteiger partial charge on any atom is -0.484 e. The summed E-state index contributed by atoms with van der Waals surface area (Å²) in [5.41, 5.74) is 6.00. The molecule has 0 aliphatic heterocycles. The fourth-order valence-corrected chi connectivity index (χ4v) is 2.41. The van der Waals surface area contributed by atoms with Gasteiger partial charge in [0.1, 0.15) is 5.75 Å². The first kappa shape index (κ1) is 14.3. The number of carbonyl (C=O) groups excluding carboxylic acids is 1. The molecule has 20 heavy (non-hydrogen) atoms. The van der Waals surface area contributed by atoms with Crippen molar-refractivity contribution >= 4 is 22.9 Å². The minimum absolute atomic E-state index is 0.104. The molecule has 0 spiro atoms. The molecular formula is C14H17N3O2S. The van der Waals surface area contributed by atoms with Gasteiger partial charge in [0.25, 0.3) is 5.91 Å². The van der Waals surface area contributed by atoms with Gasteiger partial charge in [-0.2, -0.15) is 0 Å². The summed E-state index contributed by atoms with van der Waals surface area (Å²) >= 11 is 1.72. The highest BCUT2D eigenvalue weighted by atomic mass is 32.1. The van der Waals surface area contributed by atoms with Crippen LogP contribution >= 0.6 is 11.3 Å². The zero-order chi connectivity index (χ0) is 14.4. The lowest BCUT2D eigenvalue weighted by atomic mass is 10.3. The molecule has 0 unspecified atom stereocenters. The Morgan fingerprint density at radius 1 is 1.40 bits per heavy atom. The van der Waals surface area contributed by atoms with Crippen molar-refractivity contribution in [1.29, 1.82) is 0 Å². The summed E-state index contributed by atoms with van der Waals surface area (Å²) in [6, 6.07) is 7.40. The third-order valence-electron chi connectivity index (χ3n) is 2.61. The molecule has 0 fully saturated rings. The number of nitrogens with zero attached hydrogens (tertiary/aromatic N) is 1. The van der Waals surface area contributed by atoms with Crippen LogP contribution in [0.15, 0.2) is 30.5 Å². The van der Waals surface area contributed by atoms with Gasteiger partial charge in [-0.3, -0.25) is 4.79 Å². The molecule has 0 saturated carbocycles. The Hall–Kier alpha value is -2.08. The maximum atomic E-state index is 10.6. The molecule has 5 nitrogen and oxygen atoms in total. The summed E-state index contributed by atoms with van der Waals surface area (Å²) in [6.45, 7) is 2.74. The molecule has 0 saturated heterocycles. The maximum absolute atomic E-state index is 10.6. The van der Waals surface area contributed by atoms with E-state index in [1.807, 2.05) is 18.3 Å². The van der Waals surface area contributed by atoms with E-state index in [4.69, 9.17) is 10.5 Å². The van der Waals surface area contributed by atoms with Gasteiger partial charge >= 0.3 is 0 Å². The monoisotopic (exact) mass is 291 g/mol. The molecule has 106 valence electrons. The maximum Gasteiger partial charge on any atom is 0.255 e. The van der Waals surface area contributed by atoms with Crippen LogP contribution in [0.5, 0.6) is 5.75 Å². The Bertz CT molecular complexity index is 566. The summed E-state index contributed by atoms with van der Waals surface area (Å²) in [7, 11) is 0. The van der Waals surface area contributed by atoms with Gasteiger partial charge in [-0.05, 0) is 30.7 Å². The van der Waals surface area contributed by atoms with Crippen molar-refractivity contribution < 1.29 is 9.53 Å². The Balaban J connectivity index is 1.85. The van der Waals surface area contributed by atoms with Crippen molar-refractivity contribution in [3.05, 3.63) is 40.3 Å². The molecule has 0 radical (unpaired) electrons.